The van der Waals surface area contributed by atoms with Crippen molar-refractivity contribution in [3.05, 3.63) is 59.7 Å². The van der Waals surface area contributed by atoms with E-state index in [0.29, 0.717) is 5.56 Å². The van der Waals surface area contributed by atoms with E-state index in [4.69, 9.17) is 9.47 Å². The van der Waals surface area contributed by atoms with Gasteiger partial charge in [0.15, 0.2) is 0 Å². The minimum atomic E-state index is -1.09. The quantitative estimate of drug-likeness (QED) is 0.646. The molecule has 1 unspecified atom stereocenters. The SMILES string of the molecule is CC(=O)OC(C(=O)OC(C)(C)C)c1cccc(-c2ccc(C(C)(C)C)cc2)c1. The molecule has 150 valence electrons. The van der Waals surface area contributed by atoms with Gasteiger partial charge in [-0.15, -0.1) is 0 Å². The molecule has 0 aliphatic carbocycles. The minimum absolute atomic E-state index is 0.0809. The maximum atomic E-state index is 12.6. The highest BCUT2D eigenvalue weighted by Crippen LogP contribution is 2.29. The Hall–Kier alpha value is -2.62. The molecule has 4 nitrogen and oxygen atoms in total. The van der Waals surface area contributed by atoms with Gasteiger partial charge in [-0.2, -0.15) is 0 Å². The fourth-order valence-corrected chi connectivity index (χ4v) is 2.82. The Bertz CT molecular complexity index is 836. The lowest BCUT2D eigenvalue weighted by Gasteiger charge is -2.24. The van der Waals surface area contributed by atoms with Crippen molar-refractivity contribution in [3.63, 3.8) is 0 Å². The van der Waals surface area contributed by atoms with E-state index in [1.54, 1.807) is 26.8 Å². The van der Waals surface area contributed by atoms with Crippen molar-refractivity contribution in [2.24, 2.45) is 0 Å². The molecular formula is C24H30O4. The van der Waals surface area contributed by atoms with Crippen molar-refractivity contribution in [2.45, 2.75) is 65.6 Å². The lowest BCUT2D eigenvalue weighted by Crippen LogP contribution is -2.29. The van der Waals surface area contributed by atoms with Crippen LogP contribution in [-0.2, 0) is 24.5 Å². The molecule has 0 saturated heterocycles. The zero-order valence-electron chi connectivity index (χ0n) is 17.8. The van der Waals surface area contributed by atoms with E-state index in [9.17, 15) is 9.59 Å². The third-order valence-electron chi connectivity index (χ3n) is 4.18. The van der Waals surface area contributed by atoms with Gasteiger partial charge in [0.1, 0.15) is 5.60 Å². The summed E-state index contributed by atoms with van der Waals surface area (Å²) in [6, 6.07) is 15.8. The molecule has 28 heavy (non-hydrogen) atoms. The van der Waals surface area contributed by atoms with E-state index in [1.807, 2.05) is 18.2 Å². The van der Waals surface area contributed by atoms with Crippen LogP contribution in [0.5, 0.6) is 0 Å². The second-order valence-electron chi connectivity index (χ2n) is 8.98. The van der Waals surface area contributed by atoms with Gasteiger partial charge in [0.05, 0.1) is 0 Å². The highest BCUT2D eigenvalue weighted by molar-refractivity contribution is 5.81. The third kappa shape index (κ3) is 5.95. The topological polar surface area (TPSA) is 52.6 Å². The lowest BCUT2D eigenvalue weighted by atomic mass is 9.86. The van der Waals surface area contributed by atoms with Crippen molar-refractivity contribution in [1.82, 2.24) is 0 Å². The Kier molecular flexibility index (Phi) is 6.33. The molecular weight excluding hydrogens is 352 g/mol. The summed E-state index contributed by atoms with van der Waals surface area (Å²) in [7, 11) is 0. The first-order chi connectivity index (χ1) is 12.9. The van der Waals surface area contributed by atoms with E-state index in [2.05, 4.69) is 45.0 Å². The molecule has 0 bridgehead atoms. The van der Waals surface area contributed by atoms with Crippen LogP contribution in [-0.4, -0.2) is 17.5 Å². The number of hydrogen-bond donors (Lipinski definition) is 0. The molecule has 0 aromatic heterocycles. The van der Waals surface area contributed by atoms with Crippen LogP contribution in [0, 0.1) is 0 Å². The normalized spacial score (nSPS) is 13.0. The predicted molar refractivity (Wildman–Crippen MR) is 111 cm³/mol. The predicted octanol–water partition coefficient (Wildman–Crippen LogP) is 5.60. The van der Waals surface area contributed by atoms with Crippen LogP contribution in [0.25, 0.3) is 11.1 Å². The van der Waals surface area contributed by atoms with Crippen LogP contribution in [0.15, 0.2) is 48.5 Å². The van der Waals surface area contributed by atoms with Gasteiger partial charge < -0.3 is 9.47 Å². The fraction of sp³-hybridized carbons (Fsp3) is 0.417. The summed E-state index contributed by atoms with van der Waals surface area (Å²) in [6.07, 6.45) is -1.09. The van der Waals surface area contributed by atoms with Gasteiger partial charge in [0.25, 0.3) is 0 Å². The van der Waals surface area contributed by atoms with Crippen molar-refractivity contribution in [1.29, 1.82) is 0 Å². The summed E-state index contributed by atoms with van der Waals surface area (Å²) >= 11 is 0. The monoisotopic (exact) mass is 382 g/mol. The second-order valence-corrected chi connectivity index (χ2v) is 8.98. The molecule has 0 amide bonds. The summed E-state index contributed by atoms with van der Waals surface area (Å²) in [5.41, 5.74) is 3.22. The molecule has 0 N–H and O–H groups in total. The third-order valence-corrected chi connectivity index (χ3v) is 4.18. The summed E-state index contributed by atoms with van der Waals surface area (Å²) in [6.45, 7) is 13.1. The largest absolute Gasteiger partial charge is 0.457 e. The number of hydrogen-bond acceptors (Lipinski definition) is 4. The number of benzene rings is 2. The van der Waals surface area contributed by atoms with E-state index in [-0.39, 0.29) is 5.41 Å². The Morgan fingerprint density at radius 3 is 1.96 bits per heavy atom. The van der Waals surface area contributed by atoms with Crippen LogP contribution in [0.3, 0.4) is 0 Å². The van der Waals surface area contributed by atoms with E-state index >= 15 is 0 Å². The zero-order valence-corrected chi connectivity index (χ0v) is 17.8. The smallest absolute Gasteiger partial charge is 0.352 e. The van der Waals surface area contributed by atoms with Crippen LogP contribution in [0.1, 0.15) is 65.7 Å². The van der Waals surface area contributed by atoms with Crippen LogP contribution in [0.2, 0.25) is 0 Å². The van der Waals surface area contributed by atoms with Gasteiger partial charge in [-0.3, -0.25) is 4.79 Å². The van der Waals surface area contributed by atoms with E-state index in [1.165, 1.54) is 12.5 Å². The Morgan fingerprint density at radius 1 is 0.857 bits per heavy atom. The lowest BCUT2D eigenvalue weighted by molar-refractivity contribution is -0.175. The molecule has 2 aromatic rings. The molecule has 0 aliphatic heterocycles. The number of carbonyl (C=O) groups excluding carboxylic acids is 2. The summed E-state index contributed by atoms with van der Waals surface area (Å²) < 4.78 is 10.7. The zero-order chi connectivity index (χ0) is 21.1. The average Bonchev–Trinajstić information content (AvgIpc) is 2.57. The van der Waals surface area contributed by atoms with E-state index in [0.717, 1.165) is 11.1 Å². The number of carbonyl (C=O) groups is 2. The molecule has 0 spiro atoms. The first kappa shape index (κ1) is 21.7. The van der Waals surface area contributed by atoms with Crippen molar-refractivity contribution in [2.75, 3.05) is 0 Å². The summed E-state index contributed by atoms with van der Waals surface area (Å²) in [5.74, 6) is -1.11. The average molecular weight is 383 g/mol. The summed E-state index contributed by atoms with van der Waals surface area (Å²) in [4.78, 5) is 24.2. The molecule has 0 saturated carbocycles. The Labute approximate surface area is 167 Å². The molecule has 0 aliphatic rings. The van der Waals surface area contributed by atoms with Gasteiger partial charge in [-0.25, -0.2) is 4.79 Å². The van der Waals surface area contributed by atoms with Crippen molar-refractivity contribution in [3.8, 4) is 11.1 Å². The fourth-order valence-electron chi connectivity index (χ4n) is 2.82. The Morgan fingerprint density at radius 2 is 1.46 bits per heavy atom. The maximum Gasteiger partial charge on any atom is 0.352 e. The van der Waals surface area contributed by atoms with Crippen LogP contribution < -0.4 is 0 Å². The number of ether oxygens (including phenoxy) is 2. The van der Waals surface area contributed by atoms with Gasteiger partial charge in [-0.05, 0) is 48.9 Å². The highest BCUT2D eigenvalue weighted by atomic mass is 16.6. The molecule has 2 aromatic carbocycles. The second kappa shape index (κ2) is 8.17. The Balaban J connectivity index is 2.37. The van der Waals surface area contributed by atoms with Gasteiger partial charge >= 0.3 is 11.9 Å². The van der Waals surface area contributed by atoms with Crippen LogP contribution >= 0.6 is 0 Å². The molecule has 1 atom stereocenters. The van der Waals surface area contributed by atoms with Gasteiger partial charge in [-0.1, -0.05) is 63.2 Å². The minimum Gasteiger partial charge on any atom is -0.457 e. The van der Waals surface area contributed by atoms with E-state index < -0.39 is 23.6 Å². The summed E-state index contributed by atoms with van der Waals surface area (Å²) in [5, 5.41) is 0. The van der Waals surface area contributed by atoms with Crippen molar-refractivity contribution < 1.29 is 19.1 Å². The van der Waals surface area contributed by atoms with Gasteiger partial charge in [0.2, 0.25) is 6.10 Å². The standard InChI is InChI=1S/C24H30O4/c1-16(25)27-21(22(26)28-24(5,6)7)19-10-8-9-18(15-19)17-11-13-20(14-12-17)23(2,3)4/h8-15,21H,1-7H3. The molecule has 4 heteroatoms. The first-order valence-electron chi connectivity index (χ1n) is 9.48. The number of rotatable bonds is 4. The van der Waals surface area contributed by atoms with Crippen LogP contribution in [0.4, 0.5) is 0 Å². The highest BCUT2D eigenvalue weighted by Gasteiger charge is 2.29. The van der Waals surface area contributed by atoms with Crippen molar-refractivity contribution >= 4 is 11.9 Å². The number of esters is 2. The molecule has 0 fully saturated rings. The van der Waals surface area contributed by atoms with Gasteiger partial charge in [0, 0.05) is 12.5 Å². The maximum absolute atomic E-state index is 12.6. The molecule has 2 rings (SSSR count). The molecule has 0 radical (unpaired) electrons. The first-order valence-corrected chi connectivity index (χ1v) is 9.48. The molecule has 0 heterocycles.